The van der Waals surface area contributed by atoms with Crippen LogP contribution in [0.4, 0.5) is 44.3 Å². The third kappa shape index (κ3) is 6.16. The number of ether oxygens (including phenoxy) is 1. The number of imidazole rings is 1. The number of carboxylic acids is 1. The van der Waals surface area contributed by atoms with E-state index in [1.54, 1.807) is 21.7 Å². The zero-order valence-corrected chi connectivity index (χ0v) is 23.2. The van der Waals surface area contributed by atoms with Crippen LogP contribution in [0.1, 0.15) is 25.1 Å². The second kappa shape index (κ2) is 11.3. The quantitative estimate of drug-likeness (QED) is 0.424. The van der Waals surface area contributed by atoms with Crippen LogP contribution in [0.25, 0.3) is 5.65 Å². The average Bonchev–Trinajstić information content (AvgIpc) is 3.50. The molecule has 0 radical (unpaired) electrons. The number of halogens is 4. The summed E-state index contributed by atoms with van der Waals surface area (Å²) >= 11 is 0. The van der Waals surface area contributed by atoms with Crippen molar-refractivity contribution in [1.82, 2.24) is 19.3 Å². The number of nitrogens with one attached hydrogen (secondary N) is 1. The van der Waals surface area contributed by atoms with Crippen LogP contribution in [-0.4, -0.2) is 87.5 Å². The number of pyridine rings is 2. The van der Waals surface area contributed by atoms with E-state index in [4.69, 9.17) is 14.6 Å². The van der Waals surface area contributed by atoms with Crippen molar-refractivity contribution >= 4 is 40.9 Å². The number of amides is 3. The molecule has 0 aliphatic carbocycles. The number of piperazine rings is 1. The van der Waals surface area contributed by atoms with Gasteiger partial charge in [0.05, 0.1) is 24.0 Å². The molecule has 1 saturated heterocycles. The molecule has 0 atom stereocenters. The summed E-state index contributed by atoms with van der Waals surface area (Å²) in [4.78, 5) is 48.4. The molecule has 2 aliphatic rings. The Morgan fingerprint density at radius 1 is 1.14 bits per heavy atom. The van der Waals surface area contributed by atoms with Crippen LogP contribution in [0.15, 0.2) is 30.7 Å². The van der Waals surface area contributed by atoms with Crippen LogP contribution in [0.2, 0.25) is 0 Å². The minimum Gasteiger partial charge on any atom is -0.475 e. The molecule has 0 unspecified atom stereocenters. The number of urea groups is 1. The maximum absolute atomic E-state index is 14.6. The minimum absolute atomic E-state index is 0.0742. The Balaban J connectivity index is 0.000000517. The number of rotatable bonds is 2. The summed E-state index contributed by atoms with van der Waals surface area (Å²) in [6.45, 7) is 8.04. The van der Waals surface area contributed by atoms with E-state index in [1.807, 2.05) is 26.8 Å². The van der Waals surface area contributed by atoms with E-state index < -0.39 is 29.5 Å². The molecule has 0 spiro atoms. The van der Waals surface area contributed by atoms with Crippen molar-refractivity contribution in [3.8, 4) is 0 Å². The number of carbonyl (C=O) groups is 3. The maximum atomic E-state index is 14.6. The SMILES string of the molecule is COC(=O)N1CCN(c2ccnc3c2CCN3C(=O)Nc2cn3cc(C)nc3cc2F)CC1(C)C.O=C(O)C(F)(F)F. The van der Waals surface area contributed by atoms with Gasteiger partial charge in [-0.05, 0) is 33.3 Å². The lowest BCUT2D eigenvalue weighted by Gasteiger charge is -2.47. The Morgan fingerprint density at radius 2 is 1.83 bits per heavy atom. The van der Waals surface area contributed by atoms with Gasteiger partial charge in [-0.1, -0.05) is 0 Å². The number of alkyl halides is 3. The fraction of sp³-hybridized carbons (Fsp3) is 0.423. The number of aliphatic carboxylic acids is 1. The molecule has 0 saturated carbocycles. The van der Waals surface area contributed by atoms with E-state index in [0.717, 1.165) is 16.9 Å². The normalized spacial score (nSPS) is 16.0. The van der Waals surface area contributed by atoms with E-state index in [9.17, 15) is 27.2 Å². The van der Waals surface area contributed by atoms with Crippen molar-refractivity contribution in [1.29, 1.82) is 0 Å². The summed E-state index contributed by atoms with van der Waals surface area (Å²) in [5, 5.41) is 9.81. The topological polar surface area (TPSA) is 133 Å². The lowest BCUT2D eigenvalue weighted by molar-refractivity contribution is -0.192. The van der Waals surface area contributed by atoms with E-state index in [2.05, 4.69) is 20.2 Å². The Hall–Kier alpha value is -4.63. The van der Waals surface area contributed by atoms with E-state index in [-0.39, 0.29) is 11.8 Å². The number of carboxylic acid groups (broad SMARTS) is 1. The van der Waals surface area contributed by atoms with E-state index in [0.29, 0.717) is 44.1 Å². The highest BCUT2D eigenvalue weighted by atomic mass is 19.4. The van der Waals surface area contributed by atoms with Gasteiger partial charge in [0.15, 0.2) is 5.82 Å². The smallest absolute Gasteiger partial charge is 0.475 e. The van der Waals surface area contributed by atoms with Crippen LogP contribution < -0.4 is 15.1 Å². The molecular weight excluding hydrogens is 566 g/mol. The number of methoxy groups -OCH3 is 1. The third-order valence-corrected chi connectivity index (χ3v) is 6.88. The fourth-order valence-electron chi connectivity index (χ4n) is 4.99. The lowest BCUT2D eigenvalue weighted by atomic mass is 9.98. The van der Waals surface area contributed by atoms with Gasteiger partial charge < -0.3 is 24.5 Å². The predicted octanol–water partition coefficient (Wildman–Crippen LogP) is 4.07. The number of hydrogen-bond donors (Lipinski definition) is 2. The predicted molar refractivity (Wildman–Crippen MR) is 143 cm³/mol. The zero-order valence-electron chi connectivity index (χ0n) is 23.2. The van der Waals surface area contributed by atoms with Crippen LogP contribution in [0, 0.1) is 12.7 Å². The second-order valence-corrected chi connectivity index (χ2v) is 10.3. The van der Waals surface area contributed by atoms with Crippen molar-refractivity contribution in [2.75, 3.05) is 48.4 Å². The summed E-state index contributed by atoms with van der Waals surface area (Å²) in [5.74, 6) is -2.75. The number of aryl methyl sites for hydroxylation is 1. The third-order valence-electron chi connectivity index (χ3n) is 6.88. The molecule has 3 aromatic heterocycles. The van der Waals surface area contributed by atoms with Crippen LogP contribution >= 0.6 is 0 Å². The van der Waals surface area contributed by atoms with Crippen molar-refractivity contribution in [3.63, 3.8) is 0 Å². The first kappa shape index (κ1) is 30.3. The van der Waals surface area contributed by atoms with Gasteiger partial charge in [-0.2, -0.15) is 13.2 Å². The molecular formula is C26H29F4N7O5. The number of hydrogen-bond acceptors (Lipinski definition) is 7. The van der Waals surface area contributed by atoms with Crippen molar-refractivity contribution in [2.24, 2.45) is 0 Å². The molecule has 42 heavy (non-hydrogen) atoms. The van der Waals surface area contributed by atoms with Gasteiger partial charge in [0.1, 0.15) is 11.5 Å². The van der Waals surface area contributed by atoms with Crippen molar-refractivity contribution in [2.45, 2.75) is 38.9 Å². The standard InChI is InChI=1S/C24H28FN7O3.C2HF3O2/c1-15-12-30-13-18(17(25)11-20(30)27-15)28-22(33)31-8-6-16-19(5-7-26-21(16)31)29-9-10-32(23(34)35-4)24(2,3)14-29;3-2(4,5)1(6)7/h5,7,11-13H,6,8-10,14H2,1-4H3,(H,28,33);(H,6,7). The first-order chi connectivity index (χ1) is 19.6. The molecule has 2 N–H and O–H groups in total. The highest BCUT2D eigenvalue weighted by Gasteiger charge is 2.40. The molecule has 5 rings (SSSR count). The first-order valence-corrected chi connectivity index (χ1v) is 12.7. The van der Waals surface area contributed by atoms with Gasteiger partial charge in [-0.3, -0.25) is 9.80 Å². The monoisotopic (exact) mass is 595 g/mol. The molecule has 3 amide bonds. The summed E-state index contributed by atoms with van der Waals surface area (Å²) in [6.07, 6.45) is 0.178. The molecule has 1 fully saturated rings. The summed E-state index contributed by atoms with van der Waals surface area (Å²) in [7, 11) is 1.39. The highest BCUT2D eigenvalue weighted by molar-refractivity contribution is 6.03. The van der Waals surface area contributed by atoms with E-state index in [1.165, 1.54) is 24.3 Å². The maximum Gasteiger partial charge on any atom is 0.490 e. The number of aromatic nitrogens is 3. The largest absolute Gasteiger partial charge is 0.490 e. The Morgan fingerprint density at radius 3 is 2.45 bits per heavy atom. The van der Waals surface area contributed by atoms with Crippen LogP contribution in [0.3, 0.4) is 0 Å². The summed E-state index contributed by atoms with van der Waals surface area (Å²) in [5.41, 5.74) is 2.83. The van der Waals surface area contributed by atoms with Gasteiger partial charge in [0, 0.05) is 62.1 Å². The van der Waals surface area contributed by atoms with Crippen LogP contribution in [-0.2, 0) is 16.0 Å². The van der Waals surface area contributed by atoms with E-state index >= 15 is 0 Å². The molecule has 3 aromatic rings. The Bertz CT molecular complexity index is 1520. The molecule has 0 bridgehead atoms. The number of carbonyl (C=O) groups excluding carboxylic acids is 2. The average molecular weight is 596 g/mol. The highest BCUT2D eigenvalue weighted by Crippen LogP contribution is 2.36. The molecule has 2 aliphatic heterocycles. The minimum atomic E-state index is -5.08. The van der Waals surface area contributed by atoms with Crippen LogP contribution in [0.5, 0.6) is 0 Å². The Kier molecular flexibility index (Phi) is 8.18. The molecule has 16 heteroatoms. The first-order valence-electron chi connectivity index (χ1n) is 12.7. The summed E-state index contributed by atoms with van der Waals surface area (Å²) < 4.78 is 53.0. The summed E-state index contributed by atoms with van der Waals surface area (Å²) in [6, 6.07) is 2.80. The number of anilines is 3. The lowest BCUT2D eigenvalue weighted by Crippen LogP contribution is -2.61. The van der Waals surface area contributed by atoms with Gasteiger partial charge in [0.2, 0.25) is 0 Å². The zero-order chi connectivity index (χ0) is 31.0. The molecule has 0 aromatic carbocycles. The number of nitrogens with zero attached hydrogens (tertiary/aromatic N) is 6. The Labute approximate surface area is 237 Å². The van der Waals surface area contributed by atoms with Gasteiger partial charge in [-0.15, -0.1) is 0 Å². The molecule has 12 nitrogen and oxygen atoms in total. The van der Waals surface area contributed by atoms with Gasteiger partial charge >= 0.3 is 24.3 Å². The van der Waals surface area contributed by atoms with Crippen molar-refractivity contribution < 1.29 is 41.8 Å². The molecule has 226 valence electrons. The molecule has 5 heterocycles. The van der Waals surface area contributed by atoms with Crippen molar-refractivity contribution in [3.05, 3.63) is 47.8 Å². The fourth-order valence-corrected chi connectivity index (χ4v) is 4.99. The number of fused-ring (bicyclic) bond motifs is 2. The second-order valence-electron chi connectivity index (χ2n) is 10.3. The van der Waals surface area contributed by atoms with Gasteiger partial charge in [-0.25, -0.2) is 28.7 Å². The van der Waals surface area contributed by atoms with Gasteiger partial charge in [0.25, 0.3) is 0 Å².